The number of rotatable bonds is 0. The van der Waals surface area contributed by atoms with Gasteiger partial charge < -0.3 is 14.2 Å². The van der Waals surface area contributed by atoms with Gasteiger partial charge in [0.1, 0.15) is 0 Å². The second kappa shape index (κ2) is 7.91. The Morgan fingerprint density at radius 1 is 0.417 bits per heavy atom. The molecule has 3 nitrogen and oxygen atoms in total. The molecule has 6 bridgehead atoms. The lowest BCUT2D eigenvalue weighted by molar-refractivity contribution is 0.110. The van der Waals surface area contributed by atoms with E-state index in [9.17, 15) is 0 Å². The van der Waals surface area contributed by atoms with E-state index >= 15 is 0 Å². The van der Waals surface area contributed by atoms with Crippen LogP contribution >= 0.6 is 34.0 Å². The van der Waals surface area contributed by atoms with Crippen LogP contribution in [0.25, 0.3) is 0 Å². The van der Waals surface area contributed by atoms with Crippen molar-refractivity contribution in [3.63, 3.8) is 0 Å². The molecule has 0 fully saturated rings. The number of fused-ring (bicyclic) bond motifs is 6. The molecule has 0 aliphatic carbocycles. The SMILES string of the molecule is c1cc2sc1COCc1ccc(s1)COCc1ccc(s1)COC2. The monoisotopic (exact) mass is 378 g/mol. The summed E-state index contributed by atoms with van der Waals surface area (Å²) in [6.45, 7) is 3.93. The summed E-state index contributed by atoms with van der Waals surface area (Å²) in [6, 6.07) is 12.8. The number of hydrogen-bond acceptors (Lipinski definition) is 6. The molecule has 0 saturated carbocycles. The summed E-state index contributed by atoms with van der Waals surface area (Å²) < 4.78 is 17.5. The highest BCUT2D eigenvalue weighted by molar-refractivity contribution is 7.12. The average Bonchev–Trinajstić information content (AvgIpc) is 3.29. The molecule has 1 aliphatic heterocycles. The largest absolute Gasteiger partial charge is 0.370 e. The van der Waals surface area contributed by atoms with Gasteiger partial charge in [0.15, 0.2) is 0 Å². The summed E-state index contributed by atoms with van der Waals surface area (Å²) in [6.07, 6.45) is 0. The van der Waals surface area contributed by atoms with Crippen LogP contribution in [-0.2, 0) is 53.9 Å². The van der Waals surface area contributed by atoms with Gasteiger partial charge in [0.05, 0.1) is 39.6 Å². The molecular formula is C18H18O3S3. The van der Waals surface area contributed by atoms with Crippen LogP contribution in [0.15, 0.2) is 36.4 Å². The molecule has 1 aliphatic rings. The number of thiophene rings is 3. The van der Waals surface area contributed by atoms with Gasteiger partial charge >= 0.3 is 0 Å². The third-order valence-corrected chi connectivity index (χ3v) is 6.71. The summed E-state index contributed by atoms with van der Waals surface area (Å²) in [5.74, 6) is 0. The number of hydrogen-bond donors (Lipinski definition) is 0. The van der Waals surface area contributed by atoms with Crippen molar-refractivity contribution in [2.75, 3.05) is 0 Å². The molecule has 0 atom stereocenters. The fourth-order valence-electron chi connectivity index (χ4n) is 2.49. The Labute approximate surface area is 153 Å². The van der Waals surface area contributed by atoms with Crippen molar-refractivity contribution in [1.29, 1.82) is 0 Å². The molecule has 126 valence electrons. The van der Waals surface area contributed by atoms with E-state index in [0.717, 1.165) is 0 Å². The van der Waals surface area contributed by atoms with Gasteiger partial charge in [-0.3, -0.25) is 0 Å². The lowest BCUT2D eigenvalue weighted by Crippen LogP contribution is -1.91. The first-order valence-corrected chi connectivity index (χ1v) is 10.3. The molecule has 0 saturated heterocycles. The maximum atomic E-state index is 5.84. The van der Waals surface area contributed by atoms with Gasteiger partial charge in [0.2, 0.25) is 0 Å². The molecule has 3 aromatic rings. The Morgan fingerprint density at radius 3 is 0.833 bits per heavy atom. The first-order valence-electron chi connectivity index (χ1n) is 7.81. The molecule has 24 heavy (non-hydrogen) atoms. The topological polar surface area (TPSA) is 27.7 Å². The van der Waals surface area contributed by atoms with Crippen LogP contribution in [0.2, 0.25) is 0 Å². The Bertz CT molecular complexity index is 626. The zero-order valence-electron chi connectivity index (χ0n) is 13.2. The third kappa shape index (κ3) is 4.33. The van der Waals surface area contributed by atoms with E-state index in [2.05, 4.69) is 36.4 Å². The van der Waals surface area contributed by atoms with Crippen LogP contribution in [0.3, 0.4) is 0 Å². The minimum Gasteiger partial charge on any atom is -0.370 e. The summed E-state index contributed by atoms with van der Waals surface area (Å²) in [7, 11) is 0. The molecule has 0 unspecified atom stereocenters. The average molecular weight is 379 g/mol. The second-order valence-electron chi connectivity index (χ2n) is 5.58. The van der Waals surface area contributed by atoms with E-state index in [1.54, 1.807) is 34.0 Å². The summed E-state index contributed by atoms with van der Waals surface area (Å²) in [5.41, 5.74) is 0. The lowest BCUT2D eigenvalue weighted by Gasteiger charge is -2.03. The molecule has 3 aromatic heterocycles. The first kappa shape index (κ1) is 16.4. The number of ether oxygens (including phenoxy) is 3. The van der Waals surface area contributed by atoms with Crippen LogP contribution in [0.5, 0.6) is 0 Å². The fraction of sp³-hybridized carbons (Fsp3) is 0.333. The second-order valence-corrected chi connectivity index (χ2v) is 9.34. The first-order chi connectivity index (χ1) is 11.8. The molecule has 4 heterocycles. The quantitative estimate of drug-likeness (QED) is 0.529. The Morgan fingerprint density at radius 2 is 0.625 bits per heavy atom. The van der Waals surface area contributed by atoms with E-state index in [4.69, 9.17) is 14.2 Å². The predicted octanol–water partition coefficient (Wildman–Crippen LogP) is 5.33. The Balaban J connectivity index is 1.48. The van der Waals surface area contributed by atoms with Crippen LogP contribution in [-0.4, -0.2) is 0 Å². The van der Waals surface area contributed by atoms with Gasteiger partial charge in [-0.05, 0) is 36.4 Å². The molecule has 0 spiro atoms. The Kier molecular flexibility index (Phi) is 5.42. The summed E-state index contributed by atoms with van der Waals surface area (Å²) in [5, 5.41) is 0. The maximum absolute atomic E-state index is 5.84. The van der Waals surface area contributed by atoms with E-state index in [1.807, 2.05) is 0 Å². The van der Waals surface area contributed by atoms with Gasteiger partial charge in [-0.15, -0.1) is 34.0 Å². The molecular weight excluding hydrogens is 360 g/mol. The zero-order valence-corrected chi connectivity index (χ0v) is 15.6. The van der Waals surface area contributed by atoms with E-state index in [0.29, 0.717) is 39.6 Å². The van der Waals surface area contributed by atoms with Crippen molar-refractivity contribution in [1.82, 2.24) is 0 Å². The normalized spacial score (nSPS) is 16.5. The molecule has 6 heteroatoms. The van der Waals surface area contributed by atoms with Crippen molar-refractivity contribution in [3.05, 3.63) is 65.7 Å². The van der Waals surface area contributed by atoms with E-state index < -0.39 is 0 Å². The van der Waals surface area contributed by atoms with Crippen molar-refractivity contribution >= 4 is 34.0 Å². The molecule has 0 radical (unpaired) electrons. The summed E-state index contributed by atoms with van der Waals surface area (Å²) in [4.78, 5) is 7.46. The van der Waals surface area contributed by atoms with Crippen molar-refractivity contribution in [2.24, 2.45) is 0 Å². The maximum Gasteiger partial charge on any atom is 0.0814 e. The van der Waals surface area contributed by atoms with E-state index in [-0.39, 0.29) is 0 Å². The highest BCUT2D eigenvalue weighted by Crippen LogP contribution is 2.24. The van der Waals surface area contributed by atoms with Gasteiger partial charge in [0, 0.05) is 29.3 Å². The van der Waals surface area contributed by atoms with Crippen molar-refractivity contribution in [3.8, 4) is 0 Å². The zero-order chi connectivity index (χ0) is 16.2. The van der Waals surface area contributed by atoms with Gasteiger partial charge in [-0.25, -0.2) is 0 Å². The van der Waals surface area contributed by atoms with Crippen LogP contribution in [0.1, 0.15) is 29.3 Å². The lowest BCUT2D eigenvalue weighted by atomic mass is 10.4. The van der Waals surface area contributed by atoms with Crippen LogP contribution < -0.4 is 0 Å². The van der Waals surface area contributed by atoms with Gasteiger partial charge in [-0.1, -0.05) is 0 Å². The Hall–Kier alpha value is -1.02. The molecule has 0 N–H and O–H groups in total. The van der Waals surface area contributed by atoms with E-state index in [1.165, 1.54) is 29.3 Å². The molecule has 4 rings (SSSR count). The van der Waals surface area contributed by atoms with Gasteiger partial charge in [0.25, 0.3) is 0 Å². The fourth-order valence-corrected chi connectivity index (χ4v) is 5.17. The van der Waals surface area contributed by atoms with Crippen molar-refractivity contribution < 1.29 is 14.2 Å². The standard InChI is InChI=1S/C18H18O3S3/c1-2-14-8-20-10-16-5-6-18(24-16)12-21-11-17-4-3-15(23-17)9-19-7-13(1)22-14/h1-6H,7-12H2. The summed E-state index contributed by atoms with van der Waals surface area (Å²) >= 11 is 5.30. The molecule has 0 aromatic carbocycles. The molecule has 0 amide bonds. The highest BCUT2D eigenvalue weighted by Gasteiger charge is 2.06. The smallest absolute Gasteiger partial charge is 0.0814 e. The minimum atomic E-state index is 0.655. The van der Waals surface area contributed by atoms with Crippen LogP contribution in [0.4, 0.5) is 0 Å². The predicted molar refractivity (Wildman–Crippen MR) is 98.4 cm³/mol. The van der Waals surface area contributed by atoms with Crippen LogP contribution in [0, 0.1) is 0 Å². The minimum absolute atomic E-state index is 0.655. The van der Waals surface area contributed by atoms with Gasteiger partial charge in [-0.2, -0.15) is 0 Å². The van der Waals surface area contributed by atoms with Crippen molar-refractivity contribution in [2.45, 2.75) is 39.6 Å². The highest BCUT2D eigenvalue weighted by atomic mass is 32.1. The third-order valence-electron chi connectivity index (χ3n) is 3.62.